The largest absolute Gasteiger partial charge is 0.480 e. The van der Waals surface area contributed by atoms with E-state index < -0.39 is 35.5 Å². The lowest BCUT2D eigenvalue weighted by molar-refractivity contribution is -0.139. The molecule has 1 rings (SSSR count). The van der Waals surface area contributed by atoms with Gasteiger partial charge in [0, 0.05) is 17.8 Å². The van der Waals surface area contributed by atoms with Crippen molar-refractivity contribution in [3.05, 3.63) is 29.6 Å². The molecule has 1 atom stereocenters. The number of benzene rings is 1. The molecule has 0 aliphatic rings. The van der Waals surface area contributed by atoms with Crippen molar-refractivity contribution in [2.75, 3.05) is 17.3 Å². The minimum atomic E-state index is -1.65. The zero-order valence-corrected chi connectivity index (χ0v) is 11.8. The summed E-state index contributed by atoms with van der Waals surface area (Å²) < 4.78 is 38.7. The highest BCUT2D eigenvalue weighted by Crippen LogP contribution is 2.17. The highest BCUT2D eigenvalue weighted by Gasteiger charge is 2.20. The van der Waals surface area contributed by atoms with Gasteiger partial charge >= 0.3 is 12.0 Å². The lowest BCUT2D eigenvalue weighted by atomic mass is 10.2. The Morgan fingerprint density at radius 1 is 1.29 bits per heavy atom. The number of halogens is 3. The van der Waals surface area contributed by atoms with Gasteiger partial charge in [0.2, 0.25) is 0 Å². The van der Waals surface area contributed by atoms with Crippen molar-refractivity contribution >= 4 is 29.4 Å². The van der Waals surface area contributed by atoms with Crippen LogP contribution in [-0.2, 0) is 4.79 Å². The molecule has 5 nitrogen and oxygen atoms in total. The van der Waals surface area contributed by atoms with Crippen molar-refractivity contribution in [2.45, 2.75) is 12.5 Å². The fourth-order valence-electron chi connectivity index (χ4n) is 1.45. The molecule has 0 spiro atoms. The number of amides is 2. The summed E-state index contributed by atoms with van der Waals surface area (Å²) in [6.45, 7) is 0. The molecule has 0 radical (unpaired) electrons. The molecule has 3 N–H and O–H groups in total. The summed E-state index contributed by atoms with van der Waals surface area (Å²) in [6.07, 6.45) is 1.97. The molecule has 21 heavy (non-hydrogen) atoms. The highest BCUT2D eigenvalue weighted by atomic mass is 32.2. The molecular formula is C12H13F3N2O3S. The Bertz CT molecular complexity index is 519. The maximum Gasteiger partial charge on any atom is 0.326 e. The van der Waals surface area contributed by atoms with Gasteiger partial charge in [0.1, 0.15) is 6.04 Å². The van der Waals surface area contributed by atoms with E-state index in [9.17, 15) is 22.8 Å². The second-order valence-corrected chi connectivity index (χ2v) is 5.01. The smallest absolute Gasteiger partial charge is 0.326 e. The van der Waals surface area contributed by atoms with Crippen LogP contribution in [0.1, 0.15) is 6.42 Å². The van der Waals surface area contributed by atoms with Gasteiger partial charge in [0.25, 0.3) is 0 Å². The van der Waals surface area contributed by atoms with Crippen LogP contribution >= 0.6 is 11.8 Å². The Morgan fingerprint density at radius 2 is 1.86 bits per heavy atom. The lowest BCUT2D eigenvalue weighted by Gasteiger charge is -2.14. The van der Waals surface area contributed by atoms with Crippen molar-refractivity contribution in [3.8, 4) is 0 Å². The number of carboxylic acids is 1. The molecule has 0 aliphatic heterocycles. The number of carbonyl (C=O) groups excluding carboxylic acids is 1. The third kappa shape index (κ3) is 5.18. The maximum absolute atomic E-state index is 13.0. The van der Waals surface area contributed by atoms with Gasteiger partial charge in [-0.25, -0.2) is 22.8 Å². The van der Waals surface area contributed by atoms with Crippen molar-refractivity contribution < 1.29 is 27.9 Å². The van der Waals surface area contributed by atoms with E-state index >= 15 is 0 Å². The van der Waals surface area contributed by atoms with Gasteiger partial charge in [-0.3, -0.25) is 0 Å². The fourth-order valence-corrected chi connectivity index (χ4v) is 1.92. The Balaban J connectivity index is 2.70. The SMILES string of the molecule is CSCC[C@@H](NC(=O)Nc1cc(F)c(F)c(F)c1)C(=O)O. The van der Waals surface area contributed by atoms with Gasteiger partial charge in [0.15, 0.2) is 17.5 Å². The molecule has 0 saturated heterocycles. The van der Waals surface area contributed by atoms with Gasteiger partial charge in [0.05, 0.1) is 0 Å². The number of aliphatic carboxylic acids is 1. The molecule has 0 fully saturated rings. The van der Waals surface area contributed by atoms with Gasteiger partial charge in [-0.2, -0.15) is 11.8 Å². The van der Waals surface area contributed by atoms with E-state index in [1.165, 1.54) is 11.8 Å². The Hall–Kier alpha value is -1.90. The fraction of sp³-hybridized carbons (Fsp3) is 0.333. The number of hydrogen-bond donors (Lipinski definition) is 3. The van der Waals surface area contributed by atoms with Crippen LogP contribution in [0.3, 0.4) is 0 Å². The van der Waals surface area contributed by atoms with Crippen LogP contribution in [-0.4, -0.2) is 35.2 Å². The normalized spacial score (nSPS) is 11.8. The molecule has 0 aliphatic carbocycles. The third-order valence-electron chi connectivity index (χ3n) is 2.46. The summed E-state index contributed by atoms with van der Waals surface area (Å²) >= 11 is 1.41. The van der Waals surface area contributed by atoms with Crippen molar-refractivity contribution in [1.29, 1.82) is 0 Å². The van der Waals surface area contributed by atoms with Crippen LogP contribution < -0.4 is 10.6 Å². The van der Waals surface area contributed by atoms with Crippen LogP contribution in [0, 0.1) is 17.5 Å². The van der Waals surface area contributed by atoms with E-state index in [1.807, 2.05) is 5.32 Å². The van der Waals surface area contributed by atoms with Gasteiger partial charge in [-0.1, -0.05) is 0 Å². The second-order valence-electron chi connectivity index (χ2n) is 4.02. The number of thioether (sulfide) groups is 1. The molecule has 0 bridgehead atoms. The Morgan fingerprint density at radius 3 is 2.33 bits per heavy atom. The minimum Gasteiger partial charge on any atom is -0.480 e. The topological polar surface area (TPSA) is 78.4 Å². The molecule has 0 heterocycles. The van der Waals surface area contributed by atoms with E-state index in [1.54, 1.807) is 6.26 Å². The van der Waals surface area contributed by atoms with Crippen LogP contribution in [0.4, 0.5) is 23.7 Å². The van der Waals surface area contributed by atoms with Crippen LogP contribution in [0.5, 0.6) is 0 Å². The average Bonchev–Trinajstić information content (AvgIpc) is 2.40. The predicted octanol–water partition coefficient (Wildman–Crippen LogP) is 2.43. The van der Waals surface area contributed by atoms with Crippen LogP contribution in [0.2, 0.25) is 0 Å². The zero-order valence-electron chi connectivity index (χ0n) is 11.0. The van der Waals surface area contributed by atoms with Crippen LogP contribution in [0.15, 0.2) is 12.1 Å². The summed E-state index contributed by atoms with van der Waals surface area (Å²) in [5, 5.41) is 13.1. The number of rotatable bonds is 6. The van der Waals surface area contributed by atoms with Gasteiger partial charge in [-0.05, 0) is 18.4 Å². The van der Waals surface area contributed by atoms with Crippen molar-refractivity contribution in [3.63, 3.8) is 0 Å². The molecule has 0 unspecified atom stereocenters. The molecule has 9 heteroatoms. The molecule has 1 aromatic carbocycles. The number of hydrogen-bond acceptors (Lipinski definition) is 3. The van der Waals surface area contributed by atoms with Crippen LogP contribution in [0.25, 0.3) is 0 Å². The summed E-state index contributed by atoms with van der Waals surface area (Å²) in [5.41, 5.74) is -0.321. The number of carboxylic acid groups (broad SMARTS) is 1. The van der Waals surface area contributed by atoms with E-state index in [0.29, 0.717) is 17.9 Å². The number of carbonyl (C=O) groups is 2. The number of urea groups is 1. The minimum absolute atomic E-state index is 0.191. The van der Waals surface area contributed by atoms with Gasteiger partial charge < -0.3 is 15.7 Å². The first-order chi connectivity index (χ1) is 9.85. The predicted molar refractivity (Wildman–Crippen MR) is 72.9 cm³/mol. The van der Waals surface area contributed by atoms with Crippen molar-refractivity contribution in [1.82, 2.24) is 5.32 Å². The van der Waals surface area contributed by atoms with E-state index in [-0.39, 0.29) is 12.1 Å². The first kappa shape index (κ1) is 17.2. The quantitative estimate of drug-likeness (QED) is 0.703. The Kier molecular flexibility index (Phi) is 6.35. The summed E-state index contributed by atoms with van der Waals surface area (Å²) in [6, 6.07) is -0.896. The van der Waals surface area contributed by atoms with E-state index in [2.05, 4.69) is 5.32 Å². The molecular weight excluding hydrogens is 309 g/mol. The molecule has 0 saturated carbocycles. The molecule has 1 aromatic rings. The Labute approximate surface area is 122 Å². The standard InChI is InChI=1S/C12H13F3N2O3S/c1-21-3-2-9(11(18)19)17-12(20)16-6-4-7(13)10(15)8(14)5-6/h4-5,9H,2-3H2,1H3,(H,18,19)(H2,16,17,20)/t9-/m1/s1. The van der Waals surface area contributed by atoms with Gasteiger partial charge in [-0.15, -0.1) is 0 Å². The molecule has 2 amide bonds. The third-order valence-corrected chi connectivity index (χ3v) is 3.10. The molecule has 116 valence electrons. The summed E-state index contributed by atoms with van der Waals surface area (Å²) in [5.74, 6) is -5.28. The second kappa shape index (κ2) is 7.77. The lowest BCUT2D eigenvalue weighted by Crippen LogP contribution is -2.43. The zero-order chi connectivity index (χ0) is 16.0. The number of nitrogens with one attached hydrogen (secondary N) is 2. The first-order valence-corrected chi connectivity index (χ1v) is 7.18. The van der Waals surface area contributed by atoms with E-state index in [4.69, 9.17) is 5.11 Å². The van der Waals surface area contributed by atoms with Crippen molar-refractivity contribution in [2.24, 2.45) is 0 Å². The monoisotopic (exact) mass is 322 g/mol. The summed E-state index contributed by atoms with van der Waals surface area (Å²) in [7, 11) is 0. The average molecular weight is 322 g/mol. The maximum atomic E-state index is 13.0. The number of anilines is 1. The van der Waals surface area contributed by atoms with E-state index in [0.717, 1.165) is 0 Å². The summed E-state index contributed by atoms with van der Waals surface area (Å²) in [4.78, 5) is 22.5. The first-order valence-electron chi connectivity index (χ1n) is 5.79. The molecule has 0 aromatic heterocycles. The highest BCUT2D eigenvalue weighted by molar-refractivity contribution is 7.98.